The topological polar surface area (TPSA) is 70.7 Å². The molecule has 3 aromatic rings. The Bertz CT molecular complexity index is 1080. The van der Waals surface area contributed by atoms with Crippen LogP contribution in [0.3, 0.4) is 0 Å². The number of anilines is 1. The van der Waals surface area contributed by atoms with Gasteiger partial charge in [0.1, 0.15) is 11.6 Å². The van der Waals surface area contributed by atoms with E-state index in [0.717, 1.165) is 39.5 Å². The third-order valence-electron chi connectivity index (χ3n) is 4.72. The van der Waals surface area contributed by atoms with Gasteiger partial charge in [0.25, 0.3) is 5.91 Å². The molecule has 0 spiro atoms. The third-order valence-corrected chi connectivity index (χ3v) is 4.72. The second-order valence-electron chi connectivity index (χ2n) is 6.72. The van der Waals surface area contributed by atoms with E-state index >= 15 is 0 Å². The molecule has 1 aromatic heterocycles. The highest BCUT2D eigenvalue weighted by Crippen LogP contribution is 2.23. The SMILES string of the molecule is Cc1cccc(C)c1NC(=O)/C(C#N)=C/c1c(C)nn(-c2ccccc2)c1C. The number of nitrogens with one attached hydrogen (secondary N) is 1. The lowest BCUT2D eigenvalue weighted by molar-refractivity contribution is -0.112. The lowest BCUT2D eigenvalue weighted by Gasteiger charge is -2.11. The van der Waals surface area contributed by atoms with Gasteiger partial charge in [0.05, 0.1) is 11.4 Å². The standard InChI is InChI=1S/C23H22N4O/c1-15-9-8-10-16(2)22(15)25-23(28)19(14-24)13-21-17(3)26-27(18(21)4)20-11-6-5-7-12-20/h5-13H,1-4H3,(H,25,28)/b19-13+. The van der Waals surface area contributed by atoms with Crippen molar-refractivity contribution in [2.45, 2.75) is 27.7 Å². The molecule has 0 saturated carbocycles. The number of aryl methyl sites for hydroxylation is 3. The summed E-state index contributed by atoms with van der Waals surface area (Å²) in [6, 6.07) is 17.6. The highest BCUT2D eigenvalue weighted by atomic mass is 16.1. The first-order valence-corrected chi connectivity index (χ1v) is 9.03. The summed E-state index contributed by atoms with van der Waals surface area (Å²) in [6.45, 7) is 7.65. The fourth-order valence-corrected chi connectivity index (χ4v) is 3.17. The Hall–Kier alpha value is -3.65. The van der Waals surface area contributed by atoms with E-state index < -0.39 is 5.91 Å². The number of nitrogens with zero attached hydrogens (tertiary/aromatic N) is 3. The molecule has 0 aliphatic rings. The van der Waals surface area contributed by atoms with Crippen LogP contribution in [0.15, 0.2) is 54.1 Å². The number of aromatic nitrogens is 2. The van der Waals surface area contributed by atoms with Gasteiger partial charge in [0, 0.05) is 16.9 Å². The monoisotopic (exact) mass is 370 g/mol. The molecule has 0 aliphatic heterocycles. The summed E-state index contributed by atoms with van der Waals surface area (Å²) < 4.78 is 1.82. The van der Waals surface area contributed by atoms with E-state index in [-0.39, 0.29) is 5.57 Å². The fourth-order valence-electron chi connectivity index (χ4n) is 3.17. The van der Waals surface area contributed by atoms with E-state index in [4.69, 9.17) is 0 Å². The van der Waals surface area contributed by atoms with Crippen LogP contribution in [0.5, 0.6) is 0 Å². The number of hydrogen-bond acceptors (Lipinski definition) is 3. The smallest absolute Gasteiger partial charge is 0.266 e. The number of rotatable bonds is 4. The molecule has 0 bridgehead atoms. The summed E-state index contributed by atoms with van der Waals surface area (Å²) in [5.74, 6) is -0.425. The molecule has 1 N–H and O–H groups in total. The van der Waals surface area contributed by atoms with Crippen molar-refractivity contribution in [3.8, 4) is 11.8 Å². The number of amides is 1. The van der Waals surface area contributed by atoms with Crippen molar-refractivity contribution in [1.29, 1.82) is 5.26 Å². The quantitative estimate of drug-likeness (QED) is 0.537. The molecule has 1 amide bonds. The highest BCUT2D eigenvalue weighted by molar-refractivity contribution is 6.10. The largest absolute Gasteiger partial charge is 0.321 e. The minimum atomic E-state index is -0.425. The summed E-state index contributed by atoms with van der Waals surface area (Å²) in [5.41, 5.74) is 6.02. The predicted octanol–water partition coefficient (Wildman–Crippen LogP) is 4.65. The van der Waals surface area contributed by atoms with E-state index in [9.17, 15) is 10.1 Å². The van der Waals surface area contributed by atoms with Gasteiger partial charge in [0.15, 0.2) is 0 Å². The normalized spacial score (nSPS) is 11.2. The van der Waals surface area contributed by atoms with Gasteiger partial charge in [-0.25, -0.2) is 4.68 Å². The molecule has 0 saturated heterocycles. The Morgan fingerprint density at radius 2 is 1.68 bits per heavy atom. The molecule has 3 rings (SSSR count). The summed E-state index contributed by atoms with van der Waals surface area (Å²) in [7, 11) is 0. The Morgan fingerprint density at radius 3 is 2.29 bits per heavy atom. The average molecular weight is 370 g/mol. The van der Waals surface area contributed by atoms with Crippen LogP contribution in [-0.2, 0) is 4.79 Å². The van der Waals surface area contributed by atoms with Crippen molar-refractivity contribution < 1.29 is 4.79 Å². The molecule has 0 atom stereocenters. The van der Waals surface area contributed by atoms with Crippen LogP contribution in [0, 0.1) is 39.0 Å². The maximum Gasteiger partial charge on any atom is 0.266 e. The molecule has 2 aromatic carbocycles. The van der Waals surface area contributed by atoms with Gasteiger partial charge in [-0.05, 0) is 57.0 Å². The molecule has 0 aliphatic carbocycles. The van der Waals surface area contributed by atoms with Gasteiger partial charge in [-0.15, -0.1) is 0 Å². The molecule has 5 heteroatoms. The first-order chi connectivity index (χ1) is 13.4. The molecule has 0 fully saturated rings. The summed E-state index contributed by atoms with van der Waals surface area (Å²) in [6.07, 6.45) is 1.61. The minimum absolute atomic E-state index is 0.0430. The molecular weight excluding hydrogens is 348 g/mol. The van der Waals surface area contributed by atoms with Crippen LogP contribution in [0.1, 0.15) is 28.1 Å². The molecule has 140 valence electrons. The molecular formula is C23H22N4O. The van der Waals surface area contributed by atoms with Gasteiger partial charge in [0.2, 0.25) is 0 Å². The van der Waals surface area contributed by atoms with Crippen molar-refractivity contribution in [3.05, 3.63) is 82.2 Å². The molecule has 0 radical (unpaired) electrons. The van der Waals surface area contributed by atoms with Crippen molar-refractivity contribution in [3.63, 3.8) is 0 Å². The maximum atomic E-state index is 12.7. The zero-order chi connectivity index (χ0) is 20.3. The number of benzene rings is 2. The molecule has 28 heavy (non-hydrogen) atoms. The number of carbonyl (C=O) groups excluding carboxylic acids is 1. The zero-order valence-corrected chi connectivity index (χ0v) is 16.4. The van der Waals surface area contributed by atoms with Crippen LogP contribution < -0.4 is 5.32 Å². The molecule has 0 unspecified atom stereocenters. The minimum Gasteiger partial charge on any atom is -0.321 e. The van der Waals surface area contributed by atoms with Crippen LogP contribution in [0.2, 0.25) is 0 Å². The van der Waals surface area contributed by atoms with Crippen molar-refractivity contribution in [2.24, 2.45) is 0 Å². The van der Waals surface area contributed by atoms with Crippen molar-refractivity contribution >= 4 is 17.7 Å². The lowest BCUT2D eigenvalue weighted by Crippen LogP contribution is -2.15. The Labute approximate surface area is 164 Å². The lowest BCUT2D eigenvalue weighted by atomic mass is 10.1. The maximum absolute atomic E-state index is 12.7. The van der Waals surface area contributed by atoms with Gasteiger partial charge < -0.3 is 5.32 Å². The van der Waals surface area contributed by atoms with Crippen LogP contribution >= 0.6 is 0 Å². The first-order valence-electron chi connectivity index (χ1n) is 9.03. The van der Waals surface area contributed by atoms with Crippen LogP contribution in [-0.4, -0.2) is 15.7 Å². The van der Waals surface area contributed by atoms with Crippen molar-refractivity contribution in [1.82, 2.24) is 9.78 Å². The van der Waals surface area contributed by atoms with Crippen LogP contribution in [0.4, 0.5) is 5.69 Å². The Morgan fingerprint density at radius 1 is 1.04 bits per heavy atom. The average Bonchev–Trinajstić information content (AvgIpc) is 2.97. The molecule has 5 nitrogen and oxygen atoms in total. The zero-order valence-electron chi connectivity index (χ0n) is 16.4. The fraction of sp³-hybridized carbons (Fsp3) is 0.174. The second-order valence-corrected chi connectivity index (χ2v) is 6.72. The second kappa shape index (κ2) is 7.93. The van der Waals surface area contributed by atoms with Crippen molar-refractivity contribution in [2.75, 3.05) is 5.32 Å². The first kappa shape index (κ1) is 19.1. The van der Waals surface area contributed by atoms with Crippen LogP contribution in [0.25, 0.3) is 11.8 Å². The third kappa shape index (κ3) is 3.72. The summed E-state index contributed by atoms with van der Waals surface area (Å²) in [5, 5.41) is 17.0. The number of hydrogen-bond donors (Lipinski definition) is 1. The molecule has 1 heterocycles. The van der Waals surface area contributed by atoms with E-state index in [2.05, 4.69) is 10.4 Å². The summed E-state index contributed by atoms with van der Waals surface area (Å²) >= 11 is 0. The number of para-hydroxylation sites is 2. The number of carbonyl (C=O) groups is 1. The van der Waals surface area contributed by atoms with E-state index in [1.807, 2.05) is 87.0 Å². The van der Waals surface area contributed by atoms with Gasteiger partial charge >= 0.3 is 0 Å². The van der Waals surface area contributed by atoms with E-state index in [1.54, 1.807) is 6.08 Å². The van der Waals surface area contributed by atoms with Gasteiger partial charge in [-0.2, -0.15) is 10.4 Å². The summed E-state index contributed by atoms with van der Waals surface area (Å²) in [4.78, 5) is 12.7. The van der Waals surface area contributed by atoms with E-state index in [0.29, 0.717) is 0 Å². The Balaban J connectivity index is 1.96. The van der Waals surface area contributed by atoms with Gasteiger partial charge in [-0.3, -0.25) is 4.79 Å². The highest BCUT2D eigenvalue weighted by Gasteiger charge is 2.16. The van der Waals surface area contributed by atoms with E-state index in [1.165, 1.54) is 0 Å². The van der Waals surface area contributed by atoms with Gasteiger partial charge in [-0.1, -0.05) is 36.4 Å². The number of nitriles is 1. The Kier molecular flexibility index (Phi) is 5.42. The predicted molar refractivity (Wildman–Crippen MR) is 111 cm³/mol.